The van der Waals surface area contributed by atoms with E-state index in [0.717, 1.165) is 26.2 Å². The van der Waals surface area contributed by atoms with Gasteiger partial charge in [0.2, 0.25) is 5.91 Å². The van der Waals surface area contributed by atoms with E-state index < -0.39 is 0 Å². The van der Waals surface area contributed by atoms with Crippen LogP contribution in [0, 0.1) is 0 Å². The van der Waals surface area contributed by atoms with Crippen molar-refractivity contribution in [2.75, 3.05) is 44.8 Å². The summed E-state index contributed by atoms with van der Waals surface area (Å²) < 4.78 is 4.52. The zero-order valence-corrected chi connectivity index (χ0v) is 10.3. The largest absolute Gasteiger partial charge is 0.469 e. The number of rotatable bonds is 5. The quantitative estimate of drug-likeness (QED) is 0.534. The minimum absolute atomic E-state index is 0.163. The lowest BCUT2D eigenvalue weighted by Gasteiger charge is -2.27. The van der Waals surface area contributed by atoms with Crippen molar-refractivity contribution in [3.8, 4) is 0 Å². The first-order chi connectivity index (χ1) is 7.74. The number of methoxy groups -OCH3 is 1. The maximum absolute atomic E-state index is 11.7. The first kappa shape index (κ1) is 13.3. The Morgan fingerprint density at radius 3 is 2.69 bits per heavy atom. The van der Waals surface area contributed by atoms with E-state index in [9.17, 15) is 9.59 Å². The van der Waals surface area contributed by atoms with Crippen LogP contribution in [-0.4, -0.2) is 61.6 Å². The molecule has 5 nitrogen and oxygen atoms in total. The molecule has 1 rings (SSSR count). The van der Waals surface area contributed by atoms with Crippen molar-refractivity contribution in [3.63, 3.8) is 0 Å². The topological polar surface area (TPSA) is 58.6 Å². The van der Waals surface area contributed by atoms with Crippen molar-refractivity contribution in [2.24, 2.45) is 0 Å². The van der Waals surface area contributed by atoms with Gasteiger partial charge in [0.05, 0.1) is 19.3 Å². The average Bonchev–Trinajstić information content (AvgIpc) is 2.35. The maximum Gasteiger partial charge on any atom is 0.306 e. The Morgan fingerprint density at radius 1 is 1.38 bits per heavy atom. The Kier molecular flexibility index (Phi) is 6.25. The summed E-state index contributed by atoms with van der Waals surface area (Å²) >= 11 is 1.49. The molecule has 1 aliphatic heterocycles. The van der Waals surface area contributed by atoms with E-state index in [2.05, 4.69) is 10.1 Å². The van der Waals surface area contributed by atoms with Crippen LogP contribution in [0.25, 0.3) is 0 Å². The van der Waals surface area contributed by atoms with Crippen LogP contribution in [0.5, 0.6) is 0 Å². The van der Waals surface area contributed by atoms with Gasteiger partial charge in [-0.2, -0.15) is 11.8 Å². The first-order valence-corrected chi connectivity index (χ1v) is 6.52. The molecule has 1 saturated heterocycles. The molecule has 6 heteroatoms. The van der Waals surface area contributed by atoms with E-state index in [1.165, 1.54) is 18.9 Å². The molecule has 0 unspecified atom stereocenters. The number of piperazine rings is 1. The summed E-state index contributed by atoms with van der Waals surface area (Å²) in [6, 6.07) is 0. The highest BCUT2D eigenvalue weighted by atomic mass is 32.2. The number of carbonyl (C=O) groups excluding carboxylic acids is 2. The van der Waals surface area contributed by atoms with Gasteiger partial charge in [0.1, 0.15) is 0 Å². The van der Waals surface area contributed by atoms with Crippen molar-refractivity contribution in [2.45, 2.75) is 6.42 Å². The molecule has 0 aromatic rings. The van der Waals surface area contributed by atoms with E-state index in [0.29, 0.717) is 17.9 Å². The molecule has 0 spiro atoms. The molecule has 1 N–H and O–H groups in total. The number of nitrogens with zero attached hydrogens (tertiary/aromatic N) is 1. The predicted octanol–water partition coefficient (Wildman–Crippen LogP) is -0.285. The number of amides is 1. The van der Waals surface area contributed by atoms with Crippen molar-refractivity contribution in [3.05, 3.63) is 0 Å². The third kappa shape index (κ3) is 4.85. The molecule has 16 heavy (non-hydrogen) atoms. The molecule has 0 radical (unpaired) electrons. The number of carbonyl (C=O) groups is 2. The molecule has 92 valence electrons. The molecule has 1 fully saturated rings. The molecule has 0 atom stereocenters. The molecule has 1 aliphatic rings. The van der Waals surface area contributed by atoms with Crippen LogP contribution in [0.15, 0.2) is 0 Å². The molecule has 0 saturated carbocycles. The smallest absolute Gasteiger partial charge is 0.306 e. The summed E-state index contributed by atoms with van der Waals surface area (Å²) in [6.45, 7) is 3.32. The molecule has 0 bridgehead atoms. The van der Waals surface area contributed by atoms with Gasteiger partial charge in [0, 0.05) is 31.9 Å². The number of esters is 1. The molecule has 1 heterocycles. The van der Waals surface area contributed by atoms with Crippen LogP contribution in [0.2, 0.25) is 0 Å². The first-order valence-electron chi connectivity index (χ1n) is 5.37. The minimum Gasteiger partial charge on any atom is -0.469 e. The Bertz CT molecular complexity index is 242. The summed E-state index contributed by atoms with van der Waals surface area (Å²) in [4.78, 5) is 24.4. The summed E-state index contributed by atoms with van der Waals surface area (Å²) in [5, 5.41) is 3.20. The second-order valence-electron chi connectivity index (χ2n) is 3.51. The van der Waals surface area contributed by atoms with Gasteiger partial charge in [-0.3, -0.25) is 9.59 Å². The van der Waals surface area contributed by atoms with Gasteiger partial charge >= 0.3 is 5.97 Å². The van der Waals surface area contributed by atoms with Gasteiger partial charge in [0.15, 0.2) is 0 Å². The zero-order chi connectivity index (χ0) is 11.8. The minimum atomic E-state index is -0.220. The van der Waals surface area contributed by atoms with Crippen molar-refractivity contribution in [1.82, 2.24) is 10.2 Å². The second-order valence-corrected chi connectivity index (χ2v) is 4.61. The third-order valence-electron chi connectivity index (χ3n) is 2.37. The lowest BCUT2D eigenvalue weighted by molar-refractivity contribution is -0.140. The third-order valence-corrected chi connectivity index (χ3v) is 3.32. The monoisotopic (exact) mass is 246 g/mol. The molecule has 0 aromatic carbocycles. The Hall–Kier alpha value is -0.750. The fourth-order valence-corrected chi connectivity index (χ4v) is 2.24. The highest BCUT2D eigenvalue weighted by molar-refractivity contribution is 7.99. The number of ether oxygens (including phenoxy) is 1. The number of hydrogen-bond acceptors (Lipinski definition) is 5. The van der Waals surface area contributed by atoms with E-state index in [4.69, 9.17) is 0 Å². The van der Waals surface area contributed by atoms with Crippen molar-refractivity contribution < 1.29 is 14.3 Å². The average molecular weight is 246 g/mol. The SMILES string of the molecule is COC(=O)CCSCC(=O)N1CCNCC1. The predicted molar refractivity (Wildman–Crippen MR) is 63.4 cm³/mol. The highest BCUT2D eigenvalue weighted by Crippen LogP contribution is 2.06. The summed E-state index contributed by atoms with van der Waals surface area (Å²) in [5.74, 6) is 1.04. The lowest BCUT2D eigenvalue weighted by atomic mass is 10.3. The van der Waals surface area contributed by atoms with E-state index in [1.807, 2.05) is 4.90 Å². The van der Waals surface area contributed by atoms with E-state index in [-0.39, 0.29) is 11.9 Å². The van der Waals surface area contributed by atoms with Crippen molar-refractivity contribution in [1.29, 1.82) is 0 Å². The van der Waals surface area contributed by atoms with Gasteiger partial charge in [-0.1, -0.05) is 0 Å². The fraction of sp³-hybridized carbons (Fsp3) is 0.800. The van der Waals surface area contributed by atoms with Crippen LogP contribution < -0.4 is 5.32 Å². The van der Waals surface area contributed by atoms with Crippen LogP contribution in [0.1, 0.15) is 6.42 Å². The molecular weight excluding hydrogens is 228 g/mol. The standard InChI is InChI=1S/C10H18N2O3S/c1-15-10(14)2-7-16-8-9(13)12-5-3-11-4-6-12/h11H,2-8H2,1H3. The molecule has 0 aromatic heterocycles. The van der Waals surface area contributed by atoms with Crippen molar-refractivity contribution >= 4 is 23.6 Å². The summed E-state index contributed by atoms with van der Waals surface area (Å²) in [6.07, 6.45) is 0.371. The maximum atomic E-state index is 11.7. The van der Waals surface area contributed by atoms with Gasteiger partial charge in [-0.05, 0) is 0 Å². The lowest BCUT2D eigenvalue weighted by Crippen LogP contribution is -2.47. The normalized spacial score (nSPS) is 15.9. The van der Waals surface area contributed by atoms with E-state index >= 15 is 0 Å². The Labute approximate surface area is 99.9 Å². The van der Waals surface area contributed by atoms with Gasteiger partial charge in [0.25, 0.3) is 0 Å². The summed E-state index contributed by atoms with van der Waals surface area (Å²) in [7, 11) is 1.37. The summed E-state index contributed by atoms with van der Waals surface area (Å²) in [5.41, 5.74) is 0. The van der Waals surface area contributed by atoms with Crippen LogP contribution in [0.4, 0.5) is 0 Å². The van der Waals surface area contributed by atoms with Crippen LogP contribution >= 0.6 is 11.8 Å². The van der Waals surface area contributed by atoms with Gasteiger partial charge in [-0.15, -0.1) is 0 Å². The highest BCUT2D eigenvalue weighted by Gasteiger charge is 2.15. The number of hydrogen-bond donors (Lipinski definition) is 1. The molecule has 0 aliphatic carbocycles. The van der Waals surface area contributed by atoms with Gasteiger partial charge in [-0.25, -0.2) is 0 Å². The Balaban J connectivity index is 2.07. The van der Waals surface area contributed by atoms with Crippen LogP contribution in [0.3, 0.4) is 0 Å². The number of thioether (sulfide) groups is 1. The van der Waals surface area contributed by atoms with Crippen LogP contribution in [-0.2, 0) is 14.3 Å². The van der Waals surface area contributed by atoms with E-state index in [1.54, 1.807) is 0 Å². The van der Waals surface area contributed by atoms with Gasteiger partial charge < -0.3 is 15.0 Å². The zero-order valence-electron chi connectivity index (χ0n) is 9.53. The molecule has 1 amide bonds. The molecular formula is C10H18N2O3S. The second kappa shape index (κ2) is 7.51. The number of nitrogens with one attached hydrogen (secondary N) is 1. The fourth-order valence-electron chi connectivity index (χ4n) is 1.42. The Morgan fingerprint density at radius 2 is 2.06 bits per heavy atom.